The van der Waals surface area contributed by atoms with Gasteiger partial charge in [0.25, 0.3) is 0 Å². The van der Waals surface area contributed by atoms with Crippen LogP contribution in [0.2, 0.25) is 0 Å². The fourth-order valence-electron chi connectivity index (χ4n) is 1.89. The van der Waals surface area contributed by atoms with E-state index in [0.717, 1.165) is 5.69 Å². The molecule has 1 heterocycles. The number of likely N-dealkylation sites (N-methyl/N-ethyl adjacent to an activating group) is 1. The highest BCUT2D eigenvalue weighted by atomic mass is 32.2. The first-order valence-corrected chi connectivity index (χ1v) is 8.26. The molecule has 0 aromatic carbocycles. The van der Waals surface area contributed by atoms with Gasteiger partial charge >= 0.3 is 0 Å². The Kier molecular flexibility index (Phi) is 5.98. The fourth-order valence-corrected chi connectivity index (χ4v) is 3.41. The highest BCUT2D eigenvalue weighted by molar-refractivity contribution is 7.89. The topological polar surface area (TPSA) is 54.3 Å². The van der Waals surface area contributed by atoms with Crippen LogP contribution in [0, 0.1) is 0 Å². The van der Waals surface area contributed by atoms with E-state index >= 15 is 0 Å². The molecule has 114 valence electrons. The molecular formula is C14H25N3O2S. The third-order valence-electron chi connectivity index (χ3n) is 3.10. The zero-order valence-electron chi connectivity index (χ0n) is 12.8. The number of rotatable bonds is 8. The van der Waals surface area contributed by atoms with Gasteiger partial charge in [-0.15, -0.1) is 6.58 Å². The van der Waals surface area contributed by atoms with E-state index in [4.69, 9.17) is 0 Å². The molecule has 0 spiro atoms. The first kappa shape index (κ1) is 16.9. The molecule has 0 saturated heterocycles. The Hall–Kier alpha value is -1.11. The van der Waals surface area contributed by atoms with Gasteiger partial charge in [0.15, 0.2) is 0 Å². The van der Waals surface area contributed by atoms with Gasteiger partial charge in [-0.3, -0.25) is 0 Å². The first-order chi connectivity index (χ1) is 9.32. The summed E-state index contributed by atoms with van der Waals surface area (Å²) in [6, 6.07) is 2.09. The lowest BCUT2D eigenvalue weighted by atomic mass is 10.3. The normalized spacial score (nSPS) is 12.3. The zero-order chi connectivity index (χ0) is 15.3. The standard InChI is InChI=1S/C14H25N3O2S/c1-6-8-17(7-2)20(18,19)14-9-13(16(5)11-14)10-15-12(3)4/h6,9,11-12,15H,1,7-8,10H2,2-5H3. The number of aryl methyl sites for hydroxylation is 1. The number of hydrogen-bond acceptors (Lipinski definition) is 3. The van der Waals surface area contributed by atoms with Gasteiger partial charge in [-0.1, -0.05) is 26.8 Å². The molecule has 1 rings (SSSR count). The number of nitrogens with zero attached hydrogens (tertiary/aromatic N) is 2. The minimum absolute atomic E-state index is 0.327. The smallest absolute Gasteiger partial charge is 0.244 e. The van der Waals surface area contributed by atoms with Crippen molar-refractivity contribution in [2.75, 3.05) is 13.1 Å². The highest BCUT2D eigenvalue weighted by Gasteiger charge is 2.24. The second-order valence-corrected chi connectivity index (χ2v) is 7.00. The van der Waals surface area contributed by atoms with Crippen molar-refractivity contribution in [3.63, 3.8) is 0 Å². The summed E-state index contributed by atoms with van der Waals surface area (Å²) in [5, 5.41) is 3.29. The maximum absolute atomic E-state index is 12.5. The summed E-state index contributed by atoms with van der Waals surface area (Å²) in [5.41, 5.74) is 0.951. The summed E-state index contributed by atoms with van der Waals surface area (Å²) < 4.78 is 28.3. The van der Waals surface area contributed by atoms with E-state index in [9.17, 15) is 8.42 Å². The van der Waals surface area contributed by atoms with Crippen LogP contribution in [0.3, 0.4) is 0 Å². The molecule has 0 unspecified atom stereocenters. The second kappa shape index (κ2) is 7.06. The van der Waals surface area contributed by atoms with Crippen LogP contribution in [0.15, 0.2) is 29.8 Å². The molecule has 0 aliphatic heterocycles. The van der Waals surface area contributed by atoms with Crippen molar-refractivity contribution < 1.29 is 8.42 Å². The minimum Gasteiger partial charge on any atom is -0.352 e. The van der Waals surface area contributed by atoms with Crippen LogP contribution in [0.1, 0.15) is 26.5 Å². The monoisotopic (exact) mass is 299 g/mol. The van der Waals surface area contributed by atoms with E-state index in [2.05, 4.69) is 25.7 Å². The molecule has 1 N–H and O–H groups in total. The van der Waals surface area contributed by atoms with Gasteiger partial charge in [0.2, 0.25) is 10.0 Å². The lowest BCUT2D eigenvalue weighted by Gasteiger charge is -2.17. The first-order valence-electron chi connectivity index (χ1n) is 6.82. The molecule has 0 atom stereocenters. The number of nitrogens with one attached hydrogen (secondary N) is 1. The Bertz CT molecular complexity index is 547. The van der Waals surface area contributed by atoms with Gasteiger partial charge in [0.05, 0.1) is 0 Å². The van der Waals surface area contributed by atoms with Crippen molar-refractivity contribution in [3.8, 4) is 0 Å². The lowest BCUT2D eigenvalue weighted by molar-refractivity contribution is 0.460. The SMILES string of the molecule is C=CCN(CC)S(=O)(=O)c1cc(CNC(C)C)n(C)c1. The summed E-state index contributed by atoms with van der Waals surface area (Å²) >= 11 is 0. The molecule has 5 nitrogen and oxygen atoms in total. The van der Waals surface area contributed by atoms with Gasteiger partial charge in [-0.05, 0) is 6.07 Å². The number of hydrogen-bond donors (Lipinski definition) is 1. The lowest BCUT2D eigenvalue weighted by Crippen LogP contribution is -2.30. The number of aromatic nitrogens is 1. The fraction of sp³-hybridized carbons (Fsp3) is 0.571. The molecule has 0 saturated carbocycles. The molecule has 0 fully saturated rings. The van der Waals surface area contributed by atoms with Crippen LogP contribution < -0.4 is 5.32 Å². The Morgan fingerprint density at radius 1 is 1.50 bits per heavy atom. The van der Waals surface area contributed by atoms with Crippen molar-refractivity contribution >= 4 is 10.0 Å². The molecule has 0 aliphatic rings. The third-order valence-corrected chi connectivity index (χ3v) is 5.00. The largest absolute Gasteiger partial charge is 0.352 e. The molecule has 0 aliphatic carbocycles. The van der Waals surface area contributed by atoms with E-state index in [-0.39, 0.29) is 0 Å². The van der Waals surface area contributed by atoms with E-state index in [1.807, 2.05) is 18.5 Å². The van der Waals surface area contributed by atoms with Crippen molar-refractivity contribution in [2.24, 2.45) is 7.05 Å². The van der Waals surface area contributed by atoms with Gasteiger partial charge in [-0.2, -0.15) is 4.31 Å². The van der Waals surface area contributed by atoms with Crippen molar-refractivity contribution in [2.45, 2.75) is 38.3 Å². The minimum atomic E-state index is -3.44. The van der Waals surface area contributed by atoms with Gasteiger partial charge in [-0.25, -0.2) is 8.42 Å². The Balaban J connectivity index is 3.01. The molecule has 1 aromatic heterocycles. The molecule has 6 heteroatoms. The van der Waals surface area contributed by atoms with Crippen LogP contribution in [-0.4, -0.2) is 36.4 Å². The molecule has 0 radical (unpaired) electrons. The summed E-state index contributed by atoms with van der Waals surface area (Å²) in [5.74, 6) is 0. The van der Waals surface area contributed by atoms with Gasteiger partial charge in [0, 0.05) is 44.6 Å². The summed E-state index contributed by atoms with van der Waals surface area (Å²) in [6.45, 7) is 11.0. The molecular weight excluding hydrogens is 274 g/mol. The van der Waals surface area contributed by atoms with Gasteiger partial charge < -0.3 is 9.88 Å². The Morgan fingerprint density at radius 2 is 2.15 bits per heavy atom. The Labute approximate surface area is 122 Å². The average Bonchev–Trinajstić information content (AvgIpc) is 2.75. The molecule has 1 aromatic rings. The van der Waals surface area contributed by atoms with Crippen molar-refractivity contribution in [3.05, 3.63) is 30.6 Å². The van der Waals surface area contributed by atoms with Crippen LogP contribution in [0.4, 0.5) is 0 Å². The predicted octanol–water partition coefficient (Wildman–Crippen LogP) is 1.72. The molecule has 20 heavy (non-hydrogen) atoms. The van der Waals surface area contributed by atoms with E-state index < -0.39 is 10.0 Å². The van der Waals surface area contributed by atoms with Crippen molar-refractivity contribution in [1.82, 2.24) is 14.2 Å². The number of sulfonamides is 1. The summed E-state index contributed by atoms with van der Waals surface area (Å²) in [6.07, 6.45) is 3.27. The average molecular weight is 299 g/mol. The van der Waals surface area contributed by atoms with E-state index in [1.165, 1.54) is 4.31 Å². The molecule has 0 amide bonds. The molecule has 0 bridgehead atoms. The third kappa shape index (κ3) is 3.94. The van der Waals surface area contributed by atoms with Gasteiger partial charge in [0.1, 0.15) is 4.90 Å². The van der Waals surface area contributed by atoms with E-state index in [1.54, 1.807) is 18.3 Å². The van der Waals surface area contributed by atoms with Crippen LogP contribution in [-0.2, 0) is 23.6 Å². The van der Waals surface area contributed by atoms with Crippen LogP contribution >= 0.6 is 0 Å². The zero-order valence-corrected chi connectivity index (χ0v) is 13.6. The maximum Gasteiger partial charge on any atom is 0.244 e. The summed E-state index contributed by atoms with van der Waals surface area (Å²) in [7, 11) is -1.58. The van der Waals surface area contributed by atoms with E-state index in [0.29, 0.717) is 30.6 Å². The maximum atomic E-state index is 12.5. The van der Waals surface area contributed by atoms with Crippen LogP contribution in [0.25, 0.3) is 0 Å². The summed E-state index contributed by atoms with van der Waals surface area (Å²) in [4.78, 5) is 0.337. The Morgan fingerprint density at radius 3 is 2.65 bits per heavy atom. The highest BCUT2D eigenvalue weighted by Crippen LogP contribution is 2.18. The predicted molar refractivity (Wildman–Crippen MR) is 82.0 cm³/mol. The van der Waals surface area contributed by atoms with Crippen LogP contribution in [0.5, 0.6) is 0 Å². The van der Waals surface area contributed by atoms with Crippen molar-refractivity contribution in [1.29, 1.82) is 0 Å². The second-order valence-electron chi connectivity index (χ2n) is 5.06. The quantitative estimate of drug-likeness (QED) is 0.744.